The van der Waals surface area contributed by atoms with Crippen molar-refractivity contribution in [2.24, 2.45) is 0 Å². The molecule has 1 aromatic rings. The van der Waals surface area contributed by atoms with Gasteiger partial charge in [0, 0.05) is 5.57 Å². The van der Waals surface area contributed by atoms with Crippen LogP contribution in [0, 0.1) is 6.92 Å². The maximum absolute atomic E-state index is 12.1. The number of carbonyl (C=O) groups excluding carboxylic acids is 1. The number of allylic oxidation sites excluding steroid dienone is 2. The molecule has 0 fully saturated rings. The van der Waals surface area contributed by atoms with Gasteiger partial charge in [-0.1, -0.05) is 50.1 Å². The molecule has 0 bridgehead atoms. The molecule has 0 saturated carbocycles. The van der Waals surface area contributed by atoms with Crippen molar-refractivity contribution < 1.29 is 9.53 Å². The smallest absolute Gasteiger partial charge is 0.344 e. The van der Waals surface area contributed by atoms with Crippen molar-refractivity contribution in [3.8, 4) is 0 Å². The summed E-state index contributed by atoms with van der Waals surface area (Å²) in [6.45, 7) is 6.21. The zero-order valence-corrected chi connectivity index (χ0v) is 11.8. The first-order valence-corrected chi connectivity index (χ1v) is 6.90. The van der Waals surface area contributed by atoms with Crippen molar-refractivity contribution >= 4 is 11.5 Å². The van der Waals surface area contributed by atoms with Crippen LogP contribution in [0.1, 0.15) is 44.2 Å². The first kappa shape index (κ1) is 13.6. The zero-order chi connectivity index (χ0) is 13.8. The van der Waals surface area contributed by atoms with E-state index < -0.39 is 0 Å². The van der Waals surface area contributed by atoms with Crippen molar-refractivity contribution in [3.63, 3.8) is 0 Å². The SMILES string of the molecule is CC/C=C1\OC(=O)C(c2ccc(C)cc2)=C1CCC. The quantitative estimate of drug-likeness (QED) is 0.746. The highest BCUT2D eigenvalue weighted by atomic mass is 16.5. The van der Waals surface area contributed by atoms with Gasteiger partial charge in [-0.05, 0) is 31.4 Å². The third-order valence-corrected chi connectivity index (χ3v) is 3.24. The van der Waals surface area contributed by atoms with E-state index in [1.54, 1.807) is 0 Å². The minimum atomic E-state index is -0.216. The van der Waals surface area contributed by atoms with Gasteiger partial charge in [-0.15, -0.1) is 0 Å². The van der Waals surface area contributed by atoms with Crippen molar-refractivity contribution in [3.05, 3.63) is 52.8 Å². The molecule has 0 atom stereocenters. The van der Waals surface area contributed by atoms with Gasteiger partial charge in [0.05, 0.1) is 5.57 Å². The van der Waals surface area contributed by atoms with E-state index >= 15 is 0 Å². The van der Waals surface area contributed by atoms with E-state index in [2.05, 4.69) is 6.92 Å². The van der Waals surface area contributed by atoms with Gasteiger partial charge in [0.2, 0.25) is 0 Å². The summed E-state index contributed by atoms with van der Waals surface area (Å²) in [5, 5.41) is 0. The number of aryl methyl sites for hydroxylation is 1. The highest BCUT2D eigenvalue weighted by Gasteiger charge is 2.29. The number of rotatable bonds is 4. The maximum atomic E-state index is 12.1. The summed E-state index contributed by atoms with van der Waals surface area (Å²) in [6, 6.07) is 8.05. The maximum Gasteiger partial charge on any atom is 0.344 e. The summed E-state index contributed by atoms with van der Waals surface area (Å²) in [5.74, 6) is 0.539. The Morgan fingerprint density at radius 1 is 1.16 bits per heavy atom. The highest BCUT2D eigenvalue weighted by molar-refractivity contribution is 6.21. The second-order valence-corrected chi connectivity index (χ2v) is 4.84. The normalized spacial score (nSPS) is 17.2. The largest absolute Gasteiger partial charge is 0.423 e. The number of hydrogen-bond donors (Lipinski definition) is 0. The van der Waals surface area contributed by atoms with Crippen LogP contribution in [0.3, 0.4) is 0 Å². The molecule has 0 unspecified atom stereocenters. The van der Waals surface area contributed by atoms with Crippen molar-refractivity contribution in [2.45, 2.75) is 40.0 Å². The molecule has 100 valence electrons. The second-order valence-electron chi connectivity index (χ2n) is 4.84. The van der Waals surface area contributed by atoms with Gasteiger partial charge in [0.25, 0.3) is 0 Å². The molecule has 0 spiro atoms. The van der Waals surface area contributed by atoms with Crippen LogP contribution in [0.5, 0.6) is 0 Å². The Kier molecular flexibility index (Phi) is 4.20. The van der Waals surface area contributed by atoms with Gasteiger partial charge >= 0.3 is 5.97 Å². The van der Waals surface area contributed by atoms with Crippen molar-refractivity contribution in [2.75, 3.05) is 0 Å². The molecule has 0 aromatic heterocycles. The molecule has 0 saturated heterocycles. The Bertz CT molecular complexity index is 533. The minimum absolute atomic E-state index is 0.216. The van der Waals surface area contributed by atoms with Crippen LogP contribution in [-0.2, 0) is 9.53 Å². The van der Waals surface area contributed by atoms with Crippen LogP contribution in [0.2, 0.25) is 0 Å². The van der Waals surface area contributed by atoms with Crippen LogP contribution >= 0.6 is 0 Å². The Hall–Kier alpha value is -1.83. The summed E-state index contributed by atoms with van der Waals surface area (Å²) in [5.41, 5.74) is 3.94. The lowest BCUT2D eigenvalue weighted by Crippen LogP contribution is -1.98. The Labute approximate surface area is 114 Å². The third-order valence-electron chi connectivity index (χ3n) is 3.24. The van der Waals surface area contributed by atoms with E-state index in [0.29, 0.717) is 0 Å². The fourth-order valence-corrected chi connectivity index (χ4v) is 2.32. The van der Waals surface area contributed by atoms with Gasteiger partial charge in [-0.2, -0.15) is 0 Å². The number of cyclic esters (lactones) is 1. The standard InChI is InChI=1S/C17H20O2/c1-4-6-14-15(7-5-2)19-17(18)16(14)13-10-8-12(3)9-11-13/h7-11H,4-6H2,1-3H3/b15-7-. The Balaban J connectivity index is 2.50. The van der Waals surface area contributed by atoms with Gasteiger partial charge in [-0.3, -0.25) is 0 Å². The lowest BCUT2D eigenvalue weighted by molar-refractivity contribution is -0.131. The molecule has 1 aromatic carbocycles. The average Bonchev–Trinajstić information content (AvgIpc) is 2.68. The van der Waals surface area contributed by atoms with Crippen LogP contribution in [-0.4, -0.2) is 5.97 Å². The first-order valence-electron chi connectivity index (χ1n) is 6.90. The molecule has 2 rings (SSSR count). The number of hydrogen-bond acceptors (Lipinski definition) is 2. The fourth-order valence-electron chi connectivity index (χ4n) is 2.32. The number of benzene rings is 1. The molecular weight excluding hydrogens is 236 g/mol. The van der Waals surface area contributed by atoms with Gasteiger partial charge in [-0.25, -0.2) is 4.79 Å². The van der Waals surface area contributed by atoms with Gasteiger partial charge in [0.15, 0.2) is 0 Å². The predicted octanol–water partition coefficient (Wildman–Crippen LogP) is 4.40. The predicted molar refractivity (Wildman–Crippen MR) is 77.5 cm³/mol. The van der Waals surface area contributed by atoms with Crippen molar-refractivity contribution in [1.82, 2.24) is 0 Å². The van der Waals surface area contributed by atoms with E-state index in [1.807, 2.05) is 44.2 Å². The minimum Gasteiger partial charge on any atom is -0.423 e. The first-order chi connectivity index (χ1) is 9.17. The molecular formula is C17H20O2. The van der Waals surface area contributed by atoms with Crippen LogP contribution in [0.4, 0.5) is 0 Å². The molecule has 1 aliphatic rings. The monoisotopic (exact) mass is 256 g/mol. The van der Waals surface area contributed by atoms with E-state index in [-0.39, 0.29) is 5.97 Å². The number of carbonyl (C=O) groups is 1. The zero-order valence-electron chi connectivity index (χ0n) is 11.8. The fraction of sp³-hybridized carbons (Fsp3) is 0.353. The van der Waals surface area contributed by atoms with Crippen LogP contribution in [0.15, 0.2) is 41.7 Å². The molecule has 0 aliphatic carbocycles. The summed E-state index contributed by atoms with van der Waals surface area (Å²) in [7, 11) is 0. The summed E-state index contributed by atoms with van der Waals surface area (Å²) >= 11 is 0. The second kappa shape index (κ2) is 5.87. The lowest BCUT2D eigenvalue weighted by Gasteiger charge is -2.04. The Morgan fingerprint density at radius 3 is 2.42 bits per heavy atom. The van der Waals surface area contributed by atoms with Gasteiger partial charge < -0.3 is 4.74 Å². The van der Waals surface area contributed by atoms with E-state index in [0.717, 1.165) is 41.7 Å². The van der Waals surface area contributed by atoms with E-state index in [1.165, 1.54) is 5.56 Å². The topological polar surface area (TPSA) is 26.3 Å². The van der Waals surface area contributed by atoms with E-state index in [4.69, 9.17) is 4.74 Å². The van der Waals surface area contributed by atoms with Crippen LogP contribution in [0.25, 0.3) is 5.57 Å². The molecule has 0 amide bonds. The molecule has 19 heavy (non-hydrogen) atoms. The van der Waals surface area contributed by atoms with Crippen LogP contribution < -0.4 is 0 Å². The molecule has 0 N–H and O–H groups in total. The summed E-state index contributed by atoms with van der Waals surface area (Å²) in [4.78, 5) is 12.1. The highest BCUT2D eigenvalue weighted by Crippen LogP contribution is 2.36. The number of ether oxygens (including phenoxy) is 1. The Morgan fingerprint density at radius 2 is 1.84 bits per heavy atom. The molecule has 1 heterocycles. The van der Waals surface area contributed by atoms with E-state index in [9.17, 15) is 4.79 Å². The third kappa shape index (κ3) is 2.78. The molecule has 2 nitrogen and oxygen atoms in total. The van der Waals surface area contributed by atoms with Crippen molar-refractivity contribution in [1.29, 1.82) is 0 Å². The molecule has 0 radical (unpaired) electrons. The average molecular weight is 256 g/mol. The molecule has 2 heteroatoms. The molecule has 1 aliphatic heterocycles. The number of esters is 1. The lowest BCUT2D eigenvalue weighted by atomic mass is 9.96. The summed E-state index contributed by atoms with van der Waals surface area (Å²) in [6.07, 6.45) is 4.74. The summed E-state index contributed by atoms with van der Waals surface area (Å²) < 4.78 is 5.41. The van der Waals surface area contributed by atoms with Gasteiger partial charge in [0.1, 0.15) is 5.76 Å².